The normalized spacial score (nSPS) is 11.4. The second-order valence-corrected chi connectivity index (χ2v) is 8.60. The maximum atomic E-state index is 12.6. The number of para-hydroxylation sites is 1. The standard InChI is InChI=1S/C18H19Cl2NO3S/c1-3-21(17-7-5-4-6-13(17)2)18(22)12-25(23,24)11-14-8-9-15(19)10-16(14)20/h4-10H,3,11-12H2,1-2H3. The monoisotopic (exact) mass is 399 g/mol. The molecule has 0 N–H and O–H groups in total. The van der Waals surface area contributed by atoms with Crippen LogP contribution < -0.4 is 4.90 Å². The average molecular weight is 400 g/mol. The molecule has 0 fully saturated rings. The lowest BCUT2D eigenvalue weighted by atomic mass is 10.2. The molecular weight excluding hydrogens is 381 g/mol. The van der Waals surface area contributed by atoms with Gasteiger partial charge < -0.3 is 4.90 Å². The summed E-state index contributed by atoms with van der Waals surface area (Å²) in [7, 11) is -3.66. The van der Waals surface area contributed by atoms with Crippen LogP contribution >= 0.6 is 23.2 Å². The van der Waals surface area contributed by atoms with E-state index in [1.165, 1.54) is 11.0 Å². The van der Waals surface area contributed by atoms with Gasteiger partial charge in [-0.15, -0.1) is 0 Å². The topological polar surface area (TPSA) is 54.5 Å². The van der Waals surface area contributed by atoms with Crippen molar-refractivity contribution in [2.75, 3.05) is 17.2 Å². The third-order valence-corrected chi connectivity index (χ3v) is 5.78. The number of carbonyl (C=O) groups excluding carboxylic acids is 1. The van der Waals surface area contributed by atoms with Gasteiger partial charge >= 0.3 is 0 Å². The quantitative estimate of drug-likeness (QED) is 0.728. The van der Waals surface area contributed by atoms with E-state index < -0.39 is 21.5 Å². The Morgan fingerprint density at radius 2 is 1.80 bits per heavy atom. The summed E-state index contributed by atoms with van der Waals surface area (Å²) >= 11 is 11.9. The molecule has 4 nitrogen and oxygen atoms in total. The lowest BCUT2D eigenvalue weighted by molar-refractivity contribution is -0.116. The van der Waals surface area contributed by atoms with Crippen molar-refractivity contribution < 1.29 is 13.2 Å². The number of amides is 1. The molecule has 25 heavy (non-hydrogen) atoms. The Kier molecular flexibility index (Phi) is 6.49. The Morgan fingerprint density at radius 3 is 2.40 bits per heavy atom. The maximum Gasteiger partial charge on any atom is 0.242 e. The van der Waals surface area contributed by atoms with E-state index >= 15 is 0 Å². The van der Waals surface area contributed by atoms with Crippen LogP contribution in [0.3, 0.4) is 0 Å². The fourth-order valence-corrected chi connectivity index (χ4v) is 4.45. The number of nitrogens with zero attached hydrogens (tertiary/aromatic N) is 1. The molecule has 0 unspecified atom stereocenters. The fourth-order valence-electron chi connectivity index (χ4n) is 2.54. The van der Waals surface area contributed by atoms with E-state index in [1.807, 2.05) is 32.0 Å². The zero-order valence-electron chi connectivity index (χ0n) is 14.0. The molecule has 0 radical (unpaired) electrons. The van der Waals surface area contributed by atoms with Crippen molar-refractivity contribution in [1.82, 2.24) is 0 Å². The number of benzene rings is 2. The number of sulfone groups is 1. The lowest BCUT2D eigenvalue weighted by Crippen LogP contribution is -2.36. The zero-order valence-corrected chi connectivity index (χ0v) is 16.3. The second kappa shape index (κ2) is 8.21. The summed E-state index contributed by atoms with van der Waals surface area (Å²) in [5.74, 6) is -1.34. The number of hydrogen-bond acceptors (Lipinski definition) is 3. The minimum absolute atomic E-state index is 0.273. The van der Waals surface area contributed by atoms with E-state index in [9.17, 15) is 13.2 Å². The smallest absolute Gasteiger partial charge is 0.242 e. The number of rotatable bonds is 6. The molecule has 0 aliphatic rings. The van der Waals surface area contributed by atoms with Gasteiger partial charge in [0.25, 0.3) is 0 Å². The molecule has 7 heteroatoms. The van der Waals surface area contributed by atoms with Crippen LogP contribution in [0, 0.1) is 6.92 Å². The van der Waals surface area contributed by atoms with Gasteiger partial charge in [0, 0.05) is 22.3 Å². The molecule has 0 aromatic heterocycles. The Hall–Kier alpha value is -1.56. The fraction of sp³-hybridized carbons (Fsp3) is 0.278. The van der Waals surface area contributed by atoms with Gasteiger partial charge in [-0.3, -0.25) is 4.79 Å². The summed E-state index contributed by atoms with van der Waals surface area (Å²) in [5.41, 5.74) is 2.06. The molecule has 1 amide bonds. The molecular formula is C18H19Cl2NO3S. The molecule has 0 aliphatic heterocycles. The highest BCUT2D eigenvalue weighted by Crippen LogP contribution is 2.24. The van der Waals surface area contributed by atoms with Crippen molar-refractivity contribution in [3.05, 3.63) is 63.6 Å². The third kappa shape index (κ3) is 5.21. The molecule has 0 heterocycles. The van der Waals surface area contributed by atoms with Gasteiger partial charge in [-0.05, 0) is 43.2 Å². The van der Waals surface area contributed by atoms with Gasteiger partial charge in [0.15, 0.2) is 9.84 Å². The molecule has 134 valence electrons. The van der Waals surface area contributed by atoms with Crippen LogP contribution in [0.15, 0.2) is 42.5 Å². The highest BCUT2D eigenvalue weighted by atomic mass is 35.5. The molecule has 0 saturated carbocycles. The number of aryl methyl sites for hydroxylation is 1. The molecule has 0 saturated heterocycles. The first kappa shape index (κ1) is 19.8. The summed E-state index contributed by atoms with van der Waals surface area (Å²) in [6.45, 7) is 4.08. The van der Waals surface area contributed by atoms with E-state index in [2.05, 4.69) is 0 Å². The van der Waals surface area contributed by atoms with Crippen LogP contribution in [-0.2, 0) is 20.4 Å². The van der Waals surface area contributed by atoms with Gasteiger partial charge in [0.05, 0.1) is 5.75 Å². The van der Waals surface area contributed by atoms with Crippen molar-refractivity contribution in [2.45, 2.75) is 19.6 Å². The predicted molar refractivity (Wildman–Crippen MR) is 103 cm³/mol. The number of hydrogen-bond donors (Lipinski definition) is 0. The minimum Gasteiger partial charge on any atom is -0.312 e. The van der Waals surface area contributed by atoms with Crippen molar-refractivity contribution in [1.29, 1.82) is 0 Å². The van der Waals surface area contributed by atoms with Crippen LogP contribution in [0.4, 0.5) is 5.69 Å². The van der Waals surface area contributed by atoms with Crippen molar-refractivity contribution >= 4 is 44.6 Å². The largest absolute Gasteiger partial charge is 0.312 e. The van der Waals surface area contributed by atoms with Gasteiger partial charge in [-0.1, -0.05) is 47.5 Å². The number of carbonyl (C=O) groups is 1. The maximum absolute atomic E-state index is 12.6. The molecule has 0 atom stereocenters. The highest BCUT2D eigenvalue weighted by Gasteiger charge is 2.24. The summed E-state index contributed by atoms with van der Waals surface area (Å²) in [6, 6.07) is 12.0. The summed E-state index contributed by atoms with van der Waals surface area (Å²) < 4.78 is 24.9. The van der Waals surface area contributed by atoms with Gasteiger partial charge in [-0.2, -0.15) is 0 Å². The van der Waals surface area contributed by atoms with E-state index in [0.717, 1.165) is 11.3 Å². The summed E-state index contributed by atoms with van der Waals surface area (Å²) in [6.07, 6.45) is 0. The van der Waals surface area contributed by atoms with Crippen molar-refractivity contribution in [2.24, 2.45) is 0 Å². The Labute approximate surface area is 158 Å². The van der Waals surface area contributed by atoms with Crippen LogP contribution in [0.25, 0.3) is 0 Å². The van der Waals surface area contributed by atoms with Gasteiger partial charge in [0.1, 0.15) is 5.75 Å². The minimum atomic E-state index is -3.66. The van der Waals surface area contributed by atoms with E-state index in [1.54, 1.807) is 18.2 Å². The van der Waals surface area contributed by atoms with Gasteiger partial charge in [0.2, 0.25) is 5.91 Å². The van der Waals surface area contributed by atoms with E-state index in [4.69, 9.17) is 23.2 Å². The van der Waals surface area contributed by atoms with Crippen LogP contribution in [0.1, 0.15) is 18.1 Å². The van der Waals surface area contributed by atoms with Crippen LogP contribution in [0.2, 0.25) is 10.0 Å². The summed E-state index contributed by atoms with van der Waals surface area (Å²) in [5, 5.41) is 0.703. The first-order valence-electron chi connectivity index (χ1n) is 7.74. The van der Waals surface area contributed by atoms with E-state index in [0.29, 0.717) is 17.1 Å². The van der Waals surface area contributed by atoms with E-state index in [-0.39, 0.29) is 10.8 Å². The highest BCUT2D eigenvalue weighted by molar-refractivity contribution is 7.91. The molecule has 2 rings (SSSR count). The Bertz CT molecular complexity index is 882. The van der Waals surface area contributed by atoms with Crippen molar-refractivity contribution in [3.8, 4) is 0 Å². The predicted octanol–water partition coefficient (Wildman–Crippen LogP) is 4.27. The number of anilines is 1. The lowest BCUT2D eigenvalue weighted by Gasteiger charge is -2.23. The number of halogens is 2. The molecule has 0 aliphatic carbocycles. The Balaban J connectivity index is 2.18. The second-order valence-electron chi connectivity index (χ2n) is 5.69. The molecule has 2 aromatic carbocycles. The average Bonchev–Trinajstić information content (AvgIpc) is 2.52. The Morgan fingerprint density at radius 1 is 1.12 bits per heavy atom. The van der Waals surface area contributed by atoms with Crippen LogP contribution in [0.5, 0.6) is 0 Å². The van der Waals surface area contributed by atoms with Crippen molar-refractivity contribution in [3.63, 3.8) is 0 Å². The first-order chi connectivity index (χ1) is 11.7. The molecule has 0 bridgehead atoms. The molecule has 2 aromatic rings. The SMILES string of the molecule is CCN(C(=O)CS(=O)(=O)Cc1ccc(Cl)cc1Cl)c1ccccc1C. The van der Waals surface area contributed by atoms with Crippen LogP contribution in [-0.4, -0.2) is 26.6 Å². The first-order valence-corrected chi connectivity index (χ1v) is 10.3. The molecule has 0 spiro atoms. The zero-order chi connectivity index (χ0) is 18.6. The summed E-state index contributed by atoms with van der Waals surface area (Å²) in [4.78, 5) is 14.0. The third-order valence-electron chi connectivity index (χ3n) is 3.76. The van der Waals surface area contributed by atoms with Gasteiger partial charge in [-0.25, -0.2) is 8.42 Å².